The summed E-state index contributed by atoms with van der Waals surface area (Å²) in [5.41, 5.74) is 0.212. The van der Waals surface area contributed by atoms with E-state index in [9.17, 15) is 19.7 Å². The summed E-state index contributed by atoms with van der Waals surface area (Å²) in [7, 11) is 0. The number of hydrogen-bond acceptors (Lipinski definition) is 6. The van der Waals surface area contributed by atoms with Gasteiger partial charge < -0.3 is 14.9 Å². The van der Waals surface area contributed by atoms with Gasteiger partial charge in [0, 0.05) is 18.8 Å². The van der Waals surface area contributed by atoms with Crippen LogP contribution in [0.4, 0.5) is 5.82 Å². The van der Waals surface area contributed by atoms with E-state index in [1.807, 2.05) is 0 Å². The van der Waals surface area contributed by atoms with Crippen LogP contribution in [0.25, 0.3) is 0 Å². The molecule has 0 bridgehead atoms. The highest BCUT2D eigenvalue weighted by Crippen LogP contribution is 2.18. The molecule has 1 aliphatic rings. The van der Waals surface area contributed by atoms with E-state index in [0.29, 0.717) is 6.61 Å². The highest BCUT2D eigenvalue weighted by Gasteiger charge is 2.28. The van der Waals surface area contributed by atoms with Gasteiger partial charge in [0.15, 0.2) is 0 Å². The summed E-state index contributed by atoms with van der Waals surface area (Å²) in [6, 6.07) is 0. The molecule has 0 aromatic carbocycles. The Morgan fingerprint density at radius 3 is 2.55 bits per heavy atom. The highest BCUT2D eigenvalue weighted by molar-refractivity contribution is 6.12. The fraction of sp³-hybridized carbons (Fsp3) is 0.364. The summed E-state index contributed by atoms with van der Waals surface area (Å²) in [5, 5.41) is 10.9. The van der Waals surface area contributed by atoms with E-state index in [0.717, 1.165) is 17.1 Å². The Kier molecular flexibility index (Phi) is 3.89. The molecule has 0 saturated heterocycles. The number of ether oxygens (including phenoxy) is 1. The lowest BCUT2D eigenvalue weighted by molar-refractivity contribution is -0.390. The molecule has 2 amide bonds. The molecule has 9 heteroatoms. The zero-order valence-corrected chi connectivity index (χ0v) is 10.7. The molecule has 2 rings (SSSR count). The zero-order chi connectivity index (χ0) is 14.7. The van der Waals surface area contributed by atoms with Crippen LogP contribution in [-0.4, -0.2) is 37.8 Å². The third kappa shape index (κ3) is 2.57. The second-order valence-corrected chi connectivity index (χ2v) is 3.96. The number of aromatic nitrogens is 2. The van der Waals surface area contributed by atoms with Crippen molar-refractivity contribution in [3.63, 3.8) is 0 Å². The minimum Gasteiger partial charge on any atom is -0.375 e. The van der Waals surface area contributed by atoms with Crippen LogP contribution in [0.1, 0.15) is 12.6 Å². The Bertz CT molecular complexity index is 574. The van der Waals surface area contributed by atoms with Crippen molar-refractivity contribution in [3.8, 4) is 0 Å². The average molecular weight is 280 g/mol. The molecule has 106 valence electrons. The van der Waals surface area contributed by atoms with Gasteiger partial charge in [-0.3, -0.25) is 19.1 Å². The third-order valence-electron chi connectivity index (χ3n) is 2.73. The molecular weight excluding hydrogens is 268 g/mol. The Labute approximate surface area is 113 Å². The molecule has 0 aliphatic carbocycles. The first-order valence-corrected chi connectivity index (χ1v) is 5.84. The minimum atomic E-state index is -0.628. The molecule has 0 N–H and O–H groups in total. The summed E-state index contributed by atoms with van der Waals surface area (Å²) < 4.78 is 6.52. The summed E-state index contributed by atoms with van der Waals surface area (Å²) in [6.07, 6.45) is 3.51. The Morgan fingerprint density at radius 1 is 1.35 bits per heavy atom. The average Bonchev–Trinajstić information content (AvgIpc) is 2.95. The topological polar surface area (TPSA) is 108 Å². The summed E-state index contributed by atoms with van der Waals surface area (Å²) in [5.74, 6) is -1.27. The standard InChI is InChI=1S/C11H12N4O5/c1-2-20-5-8-11(15(18)19)12-6-13(8)7-14-9(16)3-4-10(14)17/h3-4,6H,2,5,7H2,1H3. The quantitative estimate of drug-likeness (QED) is 0.419. The lowest BCUT2D eigenvalue weighted by Crippen LogP contribution is -2.32. The van der Waals surface area contributed by atoms with Gasteiger partial charge >= 0.3 is 5.82 Å². The monoisotopic (exact) mass is 280 g/mol. The third-order valence-corrected chi connectivity index (χ3v) is 2.73. The van der Waals surface area contributed by atoms with Crippen LogP contribution < -0.4 is 0 Å². The Morgan fingerprint density at radius 2 is 2.00 bits per heavy atom. The molecule has 2 heterocycles. The van der Waals surface area contributed by atoms with Gasteiger partial charge in [-0.15, -0.1) is 0 Å². The summed E-state index contributed by atoms with van der Waals surface area (Å²) in [6.45, 7) is 1.99. The number of carbonyl (C=O) groups excluding carboxylic acids is 2. The van der Waals surface area contributed by atoms with Crippen molar-refractivity contribution < 1.29 is 19.2 Å². The highest BCUT2D eigenvalue weighted by atomic mass is 16.6. The molecule has 1 aromatic heterocycles. The van der Waals surface area contributed by atoms with Crippen molar-refractivity contribution in [1.29, 1.82) is 0 Å². The number of hydrogen-bond donors (Lipinski definition) is 0. The first-order chi connectivity index (χ1) is 9.54. The normalized spacial score (nSPS) is 14.3. The van der Waals surface area contributed by atoms with Gasteiger partial charge in [-0.2, -0.15) is 0 Å². The first-order valence-electron chi connectivity index (χ1n) is 5.84. The van der Waals surface area contributed by atoms with Crippen molar-refractivity contribution in [1.82, 2.24) is 14.5 Å². The molecule has 0 saturated carbocycles. The lowest BCUT2D eigenvalue weighted by atomic mass is 10.4. The first kappa shape index (κ1) is 13.9. The summed E-state index contributed by atoms with van der Waals surface area (Å²) in [4.78, 5) is 37.8. The fourth-order valence-corrected chi connectivity index (χ4v) is 1.74. The van der Waals surface area contributed by atoms with Gasteiger partial charge in [0.25, 0.3) is 11.8 Å². The number of nitrogens with zero attached hydrogens (tertiary/aromatic N) is 4. The number of nitro groups is 1. The van der Waals surface area contributed by atoms with Crippen molar-refractivity contribution in [3.05, 3.63) is 34.3 Å². The van der Waals surface area contributed by atoms with Gasteiger partial charge in [-0.25, -0.2) is 0 Å². The van der Waals surface area contributed by atoms with E-state index in [-0.39, 0.29) is 24.8 Å². The molecule has 20 heavy (non-hydrogen) atoms. The number of rotatable bonds is 6. The predicted molar refractivity (Wildman–Crippen MR) is 65.2 cm³/mol. The van der Waals surface area contributed by atoms with Crippen LogP contribution in [0, 0.1) is 10.1 Å². The fourth-order valence-electron chi connectivity index (χ4n) is 1.74. The van der Waals surface area contributed by atoms with Crippen LogP contribution in [0.2, 0.25) is 0 Å². The van der Waals surface area contributed by atoms with Gasteiger partial charge in [0.05, 0.1) is 6.61 Å². The van der Waals surface area contributed by atoms with E-state index in [4.69, 9.17) is 4.74 Å². The van der Waals surface area contributed by atoms with Crippen molar-refractivity contribution in [2.45, 2.75) is 20.2 Å². The van der Waals surface area contributed by atoms with Crippen LogP contribution in [-0.2, 0) is 27.6 Å². The maximum Gasteiger partial charge on any atom is 0.387 e. The van der Waals surface area contributed by atoms with Gasteiger partial charge in [-0.1, -0.05) is 0 Å². The molecule has 0 atom stereocenters. The Hall–Kier alpha value is -2.55. The maximum atomic E-state index is 11.5. The van der Waals surface area contributed by atoms with Crippen molar-refractivity contribution in [2.75, 3.05) is 6.61 Å². The number of amides is 2. The number of carbonyl (C=O) groups is 2. The Balaban J connectivity index is 2.25. The predicted octanol–water partition coefficient (Wildman–Crippen LogP) is 0.210. The van der Waals surface area contributed by atoms with E-state index >= 15 is 0 Å². The second-order valence-electron chi connectivity index (χ2n) is 3.96. The SMILES string of the molecule is CCOCc1c([N+](=O)[O-])ncn1CN1C(=O)C=CC1=O. The van der Waals surface area contributed by atoms with Crippen LogP contribution in [0.15, 0.2) is 18.5 Å². The van der Waals surface area contributed by atoms with E-state index in [2.05, 4.69) is 4.98 Å². The lowest BCUT2D eigenvalue weighted by Gasteiger charge is -2.15. The van der Waals surface area contributed by atoms with E-state index in [1.54, 1.807) is 6.92 Å². The van der Waals surface area contributed by atoms with Gasteiger partial charge in [0.2, 0.25) is 6.33 Å². The molecule has 0 fully saturated rings. The molecule has 9 nitrogen and oxygen atoms in total. The largest absolute Gasteiger partial charge is 0.387 e. The van der Waals surface area contributed by atoms with E-state index < -0.39 is 16.7 Å². The summed E-state index contributed by atoms with van der Waals surface area (Å²) >= 11 is 0. The van der Waals surface area contributed by atoms with Gasteiger partial charge in [-0.05, 0) is 16.8 Å². The van der Waals surface area contributed by atoms with Crippen LogP contribution in [0.3, 0.4) is 0 Å². The molecule has 1 aromatic rings. The van der Waals surface area contributed by atoms with E-state index in [1.165, 1.54) is 10.9 Å². The second kappa shape index (κ2) is 5.61. The van der Waals surface area contributed by atoms with Crippen LogP contribution >= 0.6 is 0 Å². The molecule has 0 spiro atoms. The van der Waals surface area contributed by atoms with Crippen LogP contribution in [0.5, 0.6) is 0 Å². The molecule has 0 radical (unpaired) electrons. The number of imide groups is 1. The number of imidazole rings is 1. The smallest absolute Gasteiger partial charge is 0.375 e. The molecular formula is C11H12N4O5. The maximum absolute atomic E-state index is 11.5. The molecule has 1 aliphatic heterocycles. The zero-order valence-electron chi connectivity index (χ0n) is 10.7. The minimum absolute atomic E-state index is 0.0174. The van der Waals surface area contributed by atoms with Gasteiger partial charge in [0.1, 0.15) is 12.4 Å². The van der Waals surface area contributed by atoms with Crippen molar-refractivity contribution in [2.24, 2.45) is 0 Å². The van der Waals surface area contributed by atoms with Crippen molar-refractivity contribution >= 4 is 17.6 Å². The molecule has 0 unspecified atom stereocenters.